The highest BCUT2D eigenvalue weighted by atomic mass is 32.1. The van der Waals surface area contributed by atoms with E-state index in [1.165, 1.54) is 11.3 Å². The van der Waals surface area contributed by atoms with Crippen molar-refractivity contribution in [2.45, 2.75) is 13.3 Å². The fraction of sp³-hybridized carbons (Fsp3) is 0.200. The lowest BCUT2D eigenvalue weighted by Crippen LogP contribution is -2.14. The number of aromatic amines is 1. The van der Waals surface area contributed by atoms with E-state index in [2.05, 4.69) is 9.97 Å². The Kier molecular flexibility index (Phi) is 2.66. The topological polar surface area (TPSA) is 97.8 Å². The van der Waals surface area contributed by atoms with E-state index in [0.29, 0.717) is 11.6 Å². The van der Waals surface area contributed by atoms with Crippen molar-refractivity contribution >= 4 is 22.2 Å². The first-order chi connectivity index (χ1) is 7.61. The molecule has 0 saturated heterocycles. The molecule has 0 atom stereocenters. The van der Waals surface area contributed by atoms with Crippen LogP contribution < -0.4 is 17.0 Å². The zero-order valence-corrected chi connectivity index (χ0v) is 9.60. The molecule has 2 aromatic rings. The van der Waals surface area contributed by atoms with Gasteiger partial charge in [-0.05, 0) is 12.5 Å². The molecule has 0 bridgehead atoms. The second-order valence-electron chi connectivity index (χ2n) is 3.37. The van der Waals surface area contributed by atoms with Gasteiger partial charge in [0.1, 0.15) is 0 Å². The Labute approximate surface area is 96.1 Å². The van der Waals surface area contributed by atoms with E-state index in [0.717, 1.165) is 17.0 Å². The Morgan fingerprint density at radius 1 is 1.50 bits per heavy atom. The van der Waals surface area contributed by atoms with E-state index in [9.17, 15) is 4.79 Å². The van der Waals surface area contributed by atoms with Gasteiger partial charge in [0.15, 0.2) is 5.13 Å². The summed E-state index contributed by atoms with van der Waals surface area (Å²) in [5, 5.41) is 2.35. The fourth-order valence-electron chi connectivity index (χ4n) is 1.50. The summed E-state index contributed by atoms with van der Waals surface area (Å²) in [6.07, 6.45) is 0.711. The van der Waals surface area contributed by atoms with Crippen LogP contribution in [0.2, 0.25) is 0 Å². The molecule has 0 spiro atoms. The largest absolute Gasteiger partial charge is 0.394 e. The van der Waals surface area contributed by atoms with Crippen LogP contribution in [0.4, 0.5) is 10.8 Å². The highest BCUT2D eigenvalue weighted by molar-refractivity contribution is 7.13. The van der Waals surface area contributed by atoms with E-state index in [-0.39, 0.29) is 11.2 Å². The van der Waals surface area contributed by atoms with Gasteiger partial charge in [0.2, 0.25) is 0 Å². The van der Waals surface area contributed by atoms with Gasteiger partial charge in [-0.15, -0.1) is 11.3 Å². The Balaban J connectivity index is 2.63. The van der Waals surface area contributed by atoms with Crippen molar-refractivity contribution in [2.75, 3.05) is 11.5 Å². The second kappa shape index (κ2) is 3.97. The molecule has 84 valence electrons. The number of aryl methyl sites for hydroxylation is 1. The van der Waals surface area contributed by atoms with Crippen LogP contribution in [0.3, 0.4) is 0 Å². The van der Waals surface area contributed by atoms with E-state index < -0.39 is 0 Å². The average Bonchev–Trinajstić information content (AvgIpc) is 2.68. The summed E-state index contributed by atoms with van der Waals surface area (Å²) in [6, 6.07) is 1.64. The number of nitrogens with zero attached hydrogens (tertiary/aromatic N) is 1. The van der Waals surface area contributed by atoms with Crippen molar-refractivity contribution in [2.24, 2.45) is 0 Å². The van der Waals surface area contributed by atoms with Crippen LogP contribution in [0.15, 0.2) is 16.2 Å². The summed E-state index contributed by atoms with van der Waals surface area (Å²) in [4.78, 5) is 18.3. The molecule has 2 heterocycles. The van der Waals surface area contributed by atoms with E-state index in [4.69, 9.17) is 11.5 Å². The molecule has 0 unspecified atom stereocenters. The minimum Gasteiger partial charge on any atom is -0.394 e. The SMILES string of the molecule is CCc1[nH]c(=O)c(N)cc1-c1csc(N)n1. The van der Waals surface area contributed by atoms with E-state index in [1.807, 2.05) is 12.3 Å². The zero-order valence-electron chi connectivity index (χ0n) is 8.78. The number of nitrogens with two attached hydrogens (primary N) is 2. The normalized spacial score (nSPS) is 10.6. The van der Waals surface area contributed by atoms with Crippen LogP contribution >= 0.6 is 11.3 Å². The number of H-pyrrole nitrogens is 1. The van der Waals surface area contributed by atoms with Crippen molar-refractivity contribution < 1.29 is 0 Å². The van der Waals surface area contributed by atoms with Crippen molar-refractivity contribution in [3.63, 3.8) is 0 Å². The summed E-state index contributed by atoms with van der Waals surface area (Å²) in [5.41, 5.74) is 13.5. The van der Waals surface area contributed by atoms with Crippen molar-refractivity contribution in [1.82, 2.24) is 9.97 Å². The number of thiazole rings is 1. The fourth-order valence-corrected chi connectivity index (χ4v) is 2.07. The van der Waals surface area contributed by atoms with Gasteiger partial charge in [-0.3, -0.25) is 4.79 Å². The number of rotatable bonds is 2. The minimum absolute atomic E-state index is 0.193. The molecule has 0 amide bonds. The molecule has 0 saturated carbocycles. The second-order valence-corrected chi connectivity index (χ2v) is 4.26. The number of hydrogen-bond acceptors (Lipinski definition) is 5. The summed E-state index contributed by atoms with van der Waals surface area (Å²) >= 11 is 1.36. The molecule has 5 nitrogen and oxygen atoms in total. The van der Waals surface area contributed by atoms with Gasteiger partial charge in [0.05, 0.1) is 11.4 Å². The highest BCUT2D eigenvalue weighted by Crippen LogP contribution is 2.26. The number of nitrogens with one attached hydrogen (secondary N) is 1. The number of anilines is 2. The lowest BCUT2D eigenvalue weighted by molar-refractivity contribution is 1.02. The molecule has 0 aliphatic heterocycles. The van der Waals surface area contributed by atoms with Gasteiger partial charge < -0.3 is 16.5 Å². The van der Waals surface area contributed by atoms with Crippen LogP contribution in [0.1, 0.15) is 12.6 Å². The molecule has 5 N–H and O–H groups in total. The van der Waals surface area contributed by atoms with E-state index in [1.54, 1.807) is 6.07 Å². The van der Waals surface area contributed by atoms with E-state index >= 15 is 0 Å². The highest BCUT2D eigenvalue weighted by Gasteiger charge is 2.10. The third kappa shape index (κ3) is 1.79. The average molecular weight is 236 g/mol. The monoisotopic (exact) mass is 236 g/mol. The molecule has 0 radical (unpaired) electrons. The minimum atomic E-state index is -0.260. The van der Waals surface area contributed by atoms with Crippen LogP contribution in [-0.2, 0) is 6.42 Å². The predicted molar refractivity (Wildman–Crippen MR) is 66.4 cm³/mol. The van der Waals surface area contributed by atoms with Gasteiger partial charge in [-0.2, -0.15) is 0 Å². The number of nitrogen functional groups attached to an aromatic ring is 2. The predicted octanol–water partition coefficient (Wildman–Crippen LogP) is 1.23. The Bertz CT molecular complexity index is 572. The first-order valence-corrected chi connectivity index (χ1v) is 5.72. The molecule has 6 heteroatoms. The summed E-state index contributed by atoms with van der Waals surface area (Å²) in [6.45, 7) is 1.96. The third-order valence-electron chi connectivity index (χ3n) is 2.30. The maximum Gasteiger partial charge on any atom is 0.271 e. The molecular formula is C10H12N4OS. The van der Waals surface area contributed by atoms with Gasteiger partial charge in [0, 0.05) is 16.6 Å². The number of pyridine rings is 1. The van der Waals surface area contributed by atoms with Gasteiger partial charge in [0.25, 0.3) is 5.56 Å². The third-order valence-corrected chi connectivity index (χ3v) is 2.98. The molecule has 2 aromatic heterocycles. The summed E-state index contributed by atoms with van der Waals surface area (Å²) < 4.78 is 0. The lowest BCUT2D eigenvalue weighted by Gasteiger charge is -2.05. The quantitative estimate of drug-likeness (QED) is 0.730. The zero-order chi connectivity index (χ0) is 11.7. The number of hydrogen-bond donors (Lipinski definition) is 3. The molecular weight excluding hydrogens is 224 g/mol. The molecule has 2 rings (SSSR count). The van der Waals surface area contributed by atoms with Gasteiger partial charge in [-0.25, -0.2) is 4.98 Å². The molecule has 0 aliphatic carbocycles. The molecule has 0 aromatic carbocycles. The van der Waals surface area contributed by atoms with Crippen LogP contribution in [0, 0.1) is 0 Å². The first kappa shape index (κ1) is 10.7. The van der Waals surface area contributed by atoms with Crippen molar-refractivity contribution in [3.8, 4) is 11.3 Å². The maximum absolute atomic E-state index is 11.4. The van der Waals surface area contributed by atoms with Gasteiger partial charge in [-0.1, -0.05) is 6.92 Å². The smallest absolute Gasteiger partial charge is 0.271 e. The number of aromatic nitrogens is 2. The maximum atomic E-state index is 11.4. The summed E-state index contributed by atoms with van der Waals surface area (Å²) in [7, 11) is 0. The van der Waals surface area contributed by atoms with Crippen LogP contribution in [0.5, 0.6) is 0 Å². The van der Waals surface area contributed by atoms with Crippen LogP contribution in [-0.4, -0.2) is 9.97 Å². The van der Waals surface area contributed by atoms with Crippen molar-refractivity contribution in [1.29, 1.82) is 0 Å². The van der Waals surface area contributed by atoms with Gasteiger partial charge >= 0.3 is 0 Å². The Morgan fingerprint density at radius 2 is 2.25 bits per heavy atom. The Morgan fingerprint density at radius 3 is 2.81 bits per heavy atom. The van der Waals surface area contributed by atoms with Crippen LogP contribution in [0.25, 0.3) is 11.3 Å². The molecule has 16 heavy (non-hydrogen) atoms. The first-order valence-electron chi connectivity index (χ1n) is 4.85. The lowest BCUT2D eigenvalue weighted by atomic mass is 10.1. The van der Waals surface area contributed by atoms with Crippen molar-refractivity contribution in [3.05, 3.63) is 27.5 Å². The Hall–Kier alpha value is -1.82. The molecule has 0 aliphatic rings. The standard InChI is InChI=1S/C10H12N4OS/c1-2-7-5(3-6(11)9(15)13-7)8-4-16-10(12)14-8/h3-4H,2,11H2,1H3,(H2,12,14)(H,13,15). The summed E-state index contributed by atoms with van der Waals surface area (Å²) in [5.74, 6) is 0. The molecule has 0 fully saturated rings.